The van der Waals surface area contributed by atoms with Gasteiger partial charge in [0.05, 0.1) is 17.0 Å². The number of fused-ring (bicyclic) bond motifs is 1. The van der Waals surface area contributed by atoms with Crippen LogP contribution in [-0.2, 0) is 4.79 Å². The monoisotopic (exact) mass is 260 g/mol. The van der Waals surface area contributed by atoms with Gasteiger partial charge in [0.25, 0.3) is 0 Å². The molecule has 0 radical (unpaired) electrons. The number of carboxylic acids is 1. The lowest BCUT2D eigenvalue weighted by Crippen LogP contribution is -2.08. The van der Waals surface area contributed by atoms with Gasteiger partial charge in [-0.05, 0) is 30.5 Å². The number of H-pyrrole nitrogens is 2. The van der Waals surface area contributed by atoms with Crippen molar-refractivity contribution in [1.82, 2.24) is 9.97 Å². The summed E-state index contributed by atoms with van der Waals surface area (Å²) in [5, 5.41) is 8.76. The summed E-state index contributed by atoms with van der Waals surface area (Å²) in [6.45, 7) is 1.70. The first-order chi connectivity index (χ1) is 9.06. The molecule has 1 unspecified atom stereocenters. The van der Waals surface area contributed by atoms with Gasteiger partial charge >= 0.3 is 11.7 Å². The van der Waals surface area contributed by atoms with E-state index < -0.39 is 5.97 Å². The first-order valence-corrected chi connectivity index (χ1v) is 6.17. The number of aliphatic carboxylic acids is 1. The van der Waals surface area contributed by atoms with Crippen LogP contribution in [-0.4, -0.2) is 21.0 Å². The number of imidazole rings is 1. The average Bonchev–Trinajstić information content (AvgIpc) is 2.73. The third-order valence-electron chi connectivity index (χ3n) is 3.04. The van der Waals surface area contributed by atoms with Crippen LogP contribution in [0.4, 0.5) is 0 Å². The number of carbonyl (C=O) groups is 1. The van der Waals surface area contributed by atoms with Crippen LogP contribution in [0.2, 0.25) is 0 Å². The lowest BCUT2D eigenvalue weighted by Gasteiger charge is -2.01. The Hall–Kier alpha value is -2.30. The van der Waals surface area contributed by atoms with Crippen molar-refractivity contribution in [2.75, 3.05) is 0 Å². The van der Waals surface area contributed by atoms with E-state index in [1.807, 2.05) is 30.4 Å². The van der Waals surface area contributed by atoms with Gasteiger partial charge in [0.1, 0.15) is 0 Å². The number of benzene rings is 1. The van der Waals surface area contributed by atoms with Crippen molar-refractivity contribution in [2.45, 2.75) is 19.8 Å². The van der Waals surface area contributed by atoms with E-state index in [1.54, 1.807) is 6.92 Å². The fourth-order valence-corrected chi connectivity index (χ4v) is 1.84. The van der Waals surface area contributed by atoms with Crippen molar-refractivity contribution in [3.8, 4) is 0 Å². The molecule has 5 heteroatoms. The Bertz CT molecular complexity index is 667. The number of aromatic amines is 2. The van der Waals surface area contributed by atoms with Gasteiger partial charge in [-0.1, -0.05) is 25.1 Å². The van der Waals surface area contributed by atoms with E-state index in [4.69, 9.17) is 5.11 Å². The highest BCUT2D eigenvalue weighted by molar-refractivity contribution is 5.77. The van der Waals surface area contributed by atoms with Crippen LogP contribution in [0.15, 0.2) is 29.1 Å². The number of allylic oxidation sites excluding steroid dienone is 1. The Morgan fingerprint density at radius 2 is 2.11 bits per heavy atom. The molecule has 0 fully saturated rings. The maximum atomic E-state index is 11.1. The van der Waals surface area contributed by atoms with Gasteiger partial charge in [0.2, 0.25) is 0 Å². The molecule has 0 amide bonds. The molecule has 0 aliphatic rings. The van der Waals surface area contributed by atoms with Gasteiger partial charge in [-0.3, -0.25) is 4.79 Å². The molecule has 0 bridgehead atoms. The molecule has 0 spiro atoms. The quantitative estimate of drug-likeness (QED) is 0.771. The predicted molar refractivity (Wildman–Crippen MR) is 74.0 cm³/mol. The summed E-state index contributed by atoms with van der Waals surface area (Å²) in [6.07, 6.45) is 5.22. The van der Waals surface area contributed by atoms with Crippen LogP contribution >= 0.6 is 0 Å². The molecule has 3 N–H and O–H groups in total. The van der Waals surface area contributed by atoms with Gasteiger partial charge in [-0.2, -0.15) is 0 Å². The number of carboxylic acid groups (broad SMARTS) is 1. The Kier molecular flexibility index (Phi) is 3.85. The van der Waals surface area contributed by atoms with Gasteiger partial charge in [-0.25, -0.2) is 4.79 Å². The minimum atomic E-state index is -0.764. The topological polar surface area (TPSA) is 86.0 Å². The molecule has 1 heterocycles. The third-order valence-corrected chi connectivity index (χ3v) is 3.04. The lowest BCUT2D eigenvalue weighted by molar-refractivity contribution is -0.141. The SMILES string of the molecule is CC(CC/C=C/c1ccc2[nH]c(=O)[nH]c2c1)C(=O)O. The van der Waals surface area contributed by atoms with E-state index in [9.17, 15) is 9.59 Å². The number of aromatic nitrogens is 2. The van der Waals surface area contributed by atoms with Gasteiger partial charge in [-0.15, -0.1) is 0 Å². The molecule has 2 aromatic rings. The molecule has 19 heavy (non-hydrogen) atoms. The highest BCUT2D eigenvalue weighted by atomic mass is 16.4. The van der Waals surface area contributed by atoms with Crippen molar-refractivity contribution in [2.24, 2.45) is 5.92 Å². The number of hydrogen-bond acceptors (Lipinski definition) is 2. The molecule has 1 atom stereocenters. The summed E-state index contributed by atoms with van der Waals surface area (Å²) >= 11 is 0. The van der Waals surface area contributed by atoms with Crippen LogP contribution in [0, 0.1) is 5.92 Å². The zero-order valence-electron chi connectivity index (χ0n) is 10.6. The third kappa shape index (κ3) is 3.34. The summed E-state index contributed by atoms with van der Waals surface area (Å²) in [7, 11) is 0. The van der Waals surface area contributed by atoms with Gasteiger partial charge in [0, 0.05) is 0 Å². The largest absolute Gasteiger partial charge is 0.481 e. The van der Waals surface area contributed by atoms with Crippen LogP contribution < -0.4 is 5.69 Å². The van der Waals surface area contributed by atoms with E-state index in [-0.39, 0.29) is 11.6 Å². The second kappa shape index (κ2) is 5.56. The number of hydrogen-bond donors (Lipinski definition) is 3. The molecule has 0 aliphatic heterocycles. The molecule has 1 aromatic carbocycles. The van der Waals surface area contributed by atoms with Gasteiger partial charge in [0.15, 0.2) is 0 Å². The second-order valence-corrected chi connectivity index (χ2v) is 4.60. The Morgan fingerprint density at radius 1 is 1.37 bits per heavy atom. The van der Waals surface area contributed by atoms with E-state index in [0.29, 0.717) is 6.42 Å². The zero-order valence-corrected chi connectivity index (χ0v) is 10.6. The van der Waals surface area contributed by atoms with E-state index in [1.165, 1.54) is 0 Å². The Labute approximate surface area is 110 Å². The minimum absolute atomic E-state index is 0.216. The van der Waals surface area contributed by atoms with Crippen LogP contribution in [0.5, 0.6) is 0 Å². The van der Waals surface area contributed by atoms with Crippen molar-refractivity contribution in [3.63, 3.8) is 0 Å². The number of nitrogens with one attached hydrogen (secondary N) is 2. The first kappa shape index (κ1) is 13.1. The lowest BCUT2D eigenvalue weighted by atomic mass is 10.1. The molecule has 0 saturated heterocycles. The fourth-order valence-electron chi connectivity index (χ4n) is 1.84. The summed E-state index contributed by atoms with van der Waals surface area (Å²) < 4.78 is 0. The maximum absolute atomic E-state index is 11.1. The van der Waals surface area contributed by atoms with Crippen molar-refractivity contribution in [3.05, 3.63) is 40.3 Å². The molecule has 1 aromatic heterocycles. The summed E-state index contributed by atoms with van der Waals surface area (Å²) in [5.74, 6) is -1.09. The molecule has 0 saturated carbocycles. The predicted octanol–water partition coefficient (Wildman–Crippen LogP) is 2.37. The van der Waals surface area contributed by atoms with Crippen LogP contribution in [0.3, 0.4) is 0 Å². The summed E-state index contributed by atoms with van der Waals surface area (Å²) in [6, 6.07) is 5.63. The number of rotatable bonds is 5. The molecular weight excluding hydrogens is 244 g/mol. The summed E-state index contributed by atoms with van der Waals surface area (Å²) in [4.78, 5) is 27.1. The van der Waals surface area contributed by atoms with Crippen molar-refractivity contribution in [1.29, 1.82) is 0 Å². The van der Waals surface area contributed by atoms with Crippen LogP contribution in [0.25, 0.3) is 17.1 Å². The van der Waals surface area contributed by atoms with Crippen molar-refractivity contribution >= 4 is 23.1 Å². The summed E-state index contributed by atoms with van der Waals surface area (Å²) in [5.41, 5.74) is 2.31. The first-order valence-electron chi connectivity index (χ1n) is 6.17. The smallest absolute Gasteiger partial charge is 0.323 e. The fraction of sp³-hybridized carbons (Fsp3) is 0.286. The van der Waals surface area contributed by atoms with Crippen molar-refractivity contribution < 1.29 is 9.90 Å². The molecule has 0 aliphatic carbocycles. The zero-order chi connectivity index (χ0) is 13.8. The molecule has 100 valence electrons. The molecule has 5 nitrogen and oxygen atoms in total. The van der Waals surface area contributed by atoms with Gasteiger partial charge < -0.3 is 15.1 Å². The van der Waals surface area contributed by atoms with E-state index in [0.717, 1.165) is 23.0 Å². The highest BCUT2D eigenvalue weighted by Crippen LogP contribution is 2.13. The Balaban J connectivity index is 2.00. The minimum Gasteiger partial charge on any atom is -0.481 e. The van der Waals surface area contributed by atoms with E-state index in [2.05, 4.69) is 9.97 Å². The Morgan fingerprint density at radius 3 is 2.84 bits per heavy atom. The van der Waals surface area contributed by atoms with Crippen LogP contribution in [0.1, 0.15) is 25.3 Å². The van der Waals surface area contributed by atoms with E-state index >= 15 is 0 Å². The standard InChI is InChI=1S/C14H16N2O3/c1-9(13(17)18)4-2-3-5-10-6-7-11-12(8-10)16-14(19)15-11/h3,5-9H,2,4H2,1H3,(H,17,18)(H2,15,16,19)/b5-3+. The molecular formula is C14H16N2O3. The molecule has 2 rings (SSSR count). The normalized spacial score (nSPS) is 13.1. The highest BCUT2D eigenvalue weighted by Gasteiger charge is 2.08. The maximum Gasteiger partial charge on any atom is 0.323 e. The average molecular weight is 260 g/mol. The second-order valence-electron chi connectivity index (χ2n) is 4.60.